The number of benzene rings is 1. The number of halogens is 1. The van der Waals surface area contributed by atoms with Crippen molar-refractivity contribution >= 4 is 24.8 Å². The van der Waals surface area contributed by atoms with E-state index in [0.29, 0.717) is 16.1 Å². The summed E-state index contributed by atoms with van der Waals surface area (Å²) in [5.74, 6) is 0.108. The lowest BCUT2D eigenvalue weighted by Gasteiger charge is -2.32. The highest BCUT2D eigenvalue weighted by Gasteiger charge is 2.52. The SMILES string of the molecule is CC1(C)OB(C(=Cc2cc(O)ccc2Cl)CO)OC1(C)C. The second-order valence-electron chi connectivity index (χ2n) is 6.17. The number of aliphatic hydroxyl groups is 1. The van der Waals surface area contributed by atoms with Crippen LogP contribution in [0.15, 0.2) is 23.7 Å². The van der Waals surface area contributed by atoms with E-state index < -0.39 is 18.3 Å². The lowest BCUT2D eigenvalue weighted by atomic mass is 9.77. The van der Waals surface area contributed by atoms with Crippen LogP contribution in [0.25, 0.3) is 6.08 Å². The summed E-state index contributed by atoms with van der Waals surface area (Å²) in [5.41, 5.74) is 0.208. The van der Waals surface area contributed by atoms with Gasteiger partial charge in [0.15, 0.2) is 0 Å². The zero-order valence-corrected chi connectivity index (χ0v) is 13.4. The fourth-order valence-electron chi connectivity index (χ4n) is 2.02. The standard InChI is InChI=1S/C15H20BClO4/c1-14(2)15(3,4)21-16(20-14)11(9-18)7-10-8-12(19)5-6-13(10)17/h5-8,18-19H,9H2,1-4H3. The smallest absolute Gasteiger partial charge is 0.492 e. The Morgan fingerprint density at radius 1 is 1.24 bits per heavy atom. The summed E-state index contributed by atoms with van der Waals surface area (Å²) in [7, 11) is -0.640. The van der Waals surface area contributed by atoms with Gasteiger partial charge in [0, 0.05) is 5.02 Å². The lowest BCUT2D eigenvalue weighted by Crippen LogP contribution is -2.41. The summed E-state index contributed by atoms with van der Waals surface area (Å²) in [4.78, 5) is 0. The predicted molar refractivity (Wildman–Crippen MR) is 84.3 cm³/mol. The molecule has 1 heterocycles. The molecule has 1 aromatic rings. The van der Waals surface area contributed by atoms with E-state index in [1.54, 1.807) is 12.1 Å². The summed E-state index contributed by atoms with van der Waals surface area (Å²) in [6.07, 6.45) is 1.68. The largest absolute Gasteiger partial charge is 0.508 e. The van der Waals surface area contributed by atoms with Crippen LogP contribution in [0, 0.1) is 0 Å². The lowest BCUT2D eigenvalue weighted by molar-refractivity contribution is 0.00578. The second kappa shape index (κ2) is 5.65. The van der Waals surface area contributed by atoms with E-state index >= 15 is 0 Å². The van der Waals surface area contributed by atoms with E-state index in [9.17, 15) is 10.2 Å². The van der Waals surface area contributed by atoms with Gasteiger partial charge in [-0.05, 0) is 56.9 Å². The number of aliphatic hydroxyl groups excluding tert-OH is 1. The average Bonchev–Trinajstić information content (AvgIpc) is 2.59. The first-order chi connectivity index (χ1) is 9.66. The van der Waals surface area contributed by atoms with Gasteiger partial charge in [0.25, 0.3) is 0 Å². The number of hydrogen-bond acceptors (Lipinski definition) is 4. The van der Waals surface area contributed by atoms with Crippen LogP contribution in [-0.4, -0.2) is 35.1 Å². The molecule has 0 amide bonds. The third-order valence-corrected chi connectivity index (χ3v) is 4.40. The maximum absolute atomic E-state index is 9.61. The number of phenols is 1. The second-order valence-corrected chi connectivity index (χ2v) is 6.58. The zero-order chi connectivity index (χ0) is 15.8. The minimum absolute atomic E-state index is 0.108. The molecule has 2 N–H and O–H groups in total. The number of hydrogen-bond donors (Lipinski definition) is 2. The third kappa shape index (κ3) is 3.26. The van der Waals surface area contributed by atoms with E-state index in [4.69, 9.17) is 20.9 Å². The fraction of sp³-hybridized carbons (Fsp3) is 0.467. The predicted octanol–water partition coefficient (Wildman–Crippen LogP) is 3.05. The van der Waals surface area contributed by atoms with Gasteiger partial charge in [-0.25, -0.2) is 0 Å². The number of rotatable bonds is 3. The minimum Gasteiger partial charge on any atom is -0.508 e. The van der Waals surface area contributed by atoms with Gasteiger partial charge >= 0.3 is 7.12 Å². The Bertz CT molecular complexity index is 553. The molecule has 1 saturated heterocycles. The van der Waals surface area contributed by atoms with E-state index in [1.807, 2.05) is 27.7 Å². The highest BCUT2D eigenvalue weighted by molar-refractivity contribution is 6.56. The molecule has 21 heavy (non-hydrogen) atoms. The molecule has 0 aromatic heterocycles. The summed E-state index contributed by atoms with van der Waals surface area (Å²) in [5, 5.41) is 19.6. The molecule has 1 aliphatic heterocycles. The Morgan fingerprint density at radius 2 is 1.81 bits per heavy atom. The van der Waals surface area contributed by atoms with Gasteiger partial charge < -0.3 is 19.5 Å². The Balaban J connectivity index is 2.33. The molecule has 0 atom stereocenters. The monoisotopic (exact) mass is 310 g/mol. The number of phenolic OH excluding ortho intramolecular Hbond substituents is 1. The summed E-state index contributed by atoms with van der Waals surface area (Å²) in [6.45, 7) is 7.57. The molecule has 4 nitrogen and oxygen atoms in total. The van der Waals surface area contributed by atoms with E-state index in [2.05, 4.69) is 0 Å². The van der Waals surface area contributed by atoms with Crippen LogP contribution < -0.4 is 0 Å². The van der Waals surface area contributed by atoms with Crippen molar-refractivity contribution in [3.8, 4) is 5.75 Å². The van der Waals surface area contributed by atoms with Crippen LogP contribution in [0.1, 0.15) is 33.3 Å². The molecular formula is C15H20BClO4. The van der Waals surface area contributed by atoms with Crippen molar-refractivity contribution in [3.05, 3.63) is 34.3 Å². The van der Waals surface area contributed by atoms with Gasteiger partial charge in [0.05, 0.1) is 17.8 Å². The van der Waals surface area contributed by atoms with Crippen LogP contribution >= 0.6 is 11.6 Å². The van der Waals surface area contributed by atoms with Gasteiger partial charge in [-0.3, -0.25) is 0 Å². The normalized spacial score (nSPS) is 20.9. The Labute approximate surface area is 130 Å². The van der Waals surface area contributed by atoms with Crippen molar-refractivity contribution in [1.82, 2.24) is 0 Å². The van der Waals surface area contributed by atoms with E-state index in [0.717, 1.165) is 0 Å². The zero-order valence-electron chi connectivity index (χ0n) is 12.7. The molecular weight excluding hydrogens is 290 g/mol. The van der Waals surface area contributed by atoms with Crippen molar-refractivity contribution in [3.63, 3.8) is 0 Å². The first-order valence-electron chi connectivity index (χ1n) is 6.82. The van der Waals surface area contributed by atoms with Gasteiger partial charge in [-0.15, -0.1) is 0 Å². The quantitative estimate of drug-likeness (QED) is 0.843. The first-order valence-corrected chi connectivity index (χ1v) is 7.19. The van der Waals surface area contributed by atoms with Crippen molar-refractivity contribution < 1.29 is 19.5 Å². The maximum atomic E-state index is 9.61. The molecule has 0 bridgehead atoms. The summed E-state index contributed by atoms with van der Waals surface area (Å²) < 4.78 is 11.8. The number of aromatic hydroxyl groups is 1. The summed E-state index contributed by atoms with van der Waals surface area (Å²) >= 11 is 6.10. The Hall–Kier alpha value is -1.01. The van der Waals surface area contributed by atoms with Crippen molar-refractivity contribution in [2.45, 2.75) is 38.9 Å². The molecule has 6 heteroatoms. The van der Waals surface area contributed by atoms with Crippen LogP contribution in [0.4, 0.5) is 0 Å². The van der Waals surface area contributed by atoms with Crippen molar-refractivity contribution in [2.24, 2.45) is 0 Å². The van der Waals surface area contributed by atoms with E-state index in [-0.39, 0.29) is 12.4 Å². The fourth-order valence-corrected chi connectivity index (χ4v) is 2.20. The van der Waals surface area contributed by atoms with Crippen molar-refractivity contribution in [2.75, 3.05) is 6.61 Å². The van der Waals surface area contributed by atoms with Crippen LogP contribution in [-0.2, 0) is 9.31 Å². The molecule has 114 valence electrons. The highest BCUT2D eigenvalue weighted by Crippen LogP contribution is 2.39. The van der Waals surface area contributed by atoms with Gasteiger partial charge in [0.1, 0.15) is 5.75 Å². The molecule has 1 aliphatic rings. The molecule has 0 spiro atoms. The van der Waals surface area contributed by atoms with Crippen molar-refractivity contribution in [1.29, 1.82) is 0 Å². The topological polar surface area (TPSA) is 58.9 Å². The highest BCUT2D eigenvalue weighted by atomic mass is 35.5. The molecule has 0 aliphatic carbocycles. The Kier molecular flexibility index (Phi) is 4.40. The van der Waals surface area contributed by atoms with Gasteiger partial charge in [-0.1, -0.05) is 17.7 Å². The molecule has 0 unspecified atom stereocenters. The van der Waals surface area contributed by atoms with Crippen LogP contribution in [0.3, 0.4) is 0 Å². The first kappa shape index (κ1) is 16.4. The van der Waals surface area contributed by atoms with Crippen LogP contribution in [0.5, 0.6) is 5.75 Å². The third-order valence-electron chi connectivity index (χ3n) is 4.06. The summed E-state index contributed by atoms with van der Waals surface area (Å²) in [6, 6.07) is 4.64. The Morgan fingerprint density at radius 3 is 2.33 bits per heavy atom. The molecule has 2 rings (SSSR count). The minimum atomic E-state index is -0.640. The van der Waals surface area contributed by atoms with E-state index in [1.165, 1.54) is 12.1 Å². The van der Waals surface area contributed by atoms with Gasteiger partial charge in [-0.2, -0.15) is 0 Å². The average molecular weight is 311 g/mol. The molecule has 1 fully saturated rings. The molecule has 1 aromatic carbocycles. The van der Waals surface area contributed by atoms with Gasteiger partial charge in [0.2, 0.25) is 0 Å². The maximum Gasteiger partial charge on any atom is 0.492 e. The van der Waals surface area contributed by atoms with Crippen LogP contribution in [0.2, 0.25) is 5.02 Å². The molecule has 0 radical (unpaired) electrons. The molecule has 0 saturated carbocycles.